The second-order valence-corrected chi connectivity index (χ2v) is 6.96. The molecule has 124 valence electrons. The monoisotopic (exact) mass is 427 g/mol. The number of aromatic nitrogens is 3. The molecule has 3 rings (SSSR count). The van der Waals surface area contributed by atoms with Crippen LogP contribution in [0.2, 0.25) is 5.02 Å². The Hall–Kier alpha value is -1.57. The lowest BCUT2D eigenvalue weighted by atomic mass is 10.2. The molecule has 3 aromatic rings. The minimum atomic E-state index is -0.353. The van der Waals surface area contributed by atoms with Crippen LogP contribution in [-0.2, 0) is 12.3 Å². The quantitative estimate of drug-likeness (QED) is 0.380. The van der Waals surface area contributed by atoms with Crippen LogP contribution in [0.25, 0.3) is 11.6 Å². The molecule has 2 heterocycles. The highest BCUT2D eigenvalue weighted by Crippen LogP contribution is 2.30. The lowest BCUT2D eigenvalue weighted by Gasteiger charge is -2.07. The van der Waals surface area contributed by atoms with Crippen molar-refractivity contribution in [3.05, 3.63) is 64.1 Å². The third-order valence-corrected chi connectivity index (χ3v) is 4.99. The van der Waals surface area contributed by atoms with Crippen LogP contribution in [0, 0.1) is 5.82 Å². The normalized spacial score (nSPS) is 11.0. The molecular weight excluding hydrogens is 417 g/mol. The summed E-state index contributed by atoms with van der Waals surface area (Å²) in [6.07, 6.45) is 1.76. The van der Waals surface area contributed by atoms with Crippen LogP contribution < -0.4 is 0 Å². The molecule has 4 nitrogen and oxygen atoms in total. The van der Waals surface area contributed by atoms with Gasteiger partial charge in [-0.25, -0.2) is 4.39 Å². The van der Waals surface area contributed by atoms with Gasteiger partial charge >= 0.3 is 0 Å². The molecule has 0 saturated heterocycles. The van der Waals surface area contributed by atoms with E-state index in [-0.39, 0.29) is 5.82 Å². The fourth-order valence-electron chi connectivity index (χ4n) is 2.09. The number of allylic oxidation sites excluding steroid dienone is 1. The van der Waals surface area contributed by atoms with Crippen LogP contribution >= 0.6 is 39.3 Å². The van der Waals surface area contributed by atoms with Gasteiger partial charge in [0.15, 0.2) is 15.6 Å². The number of halogens is 3. The molecule has 2 aromatic heterocycles. The van der Waals surface area contributed by atoms with Gasteiger partial charge in [0.2, 0.25) is 5.82 Å². The third-order valence-electron chi connectivity index (χ3n) is 3.19. The van der Waals surface area contributed by atoms with Crippen molar-refractivity contribution in [2.75, 3.05) is 0 Å². The molecule has 0 spiro atoms. The van der Waals surface area contributed by atoms with Gasteiger partial charge in [-0.15, -0.1) is 16.8 Å². The lowest BCUT2D eigenvalue weighted by Crippen LogP contribution is -2.00. The highest BCUT2D eigenvalue weighted by molar-refractivity contribution is 9.10. The van der Waals surface area contributed by atoms with E-state index < -0.39 is 0 Å². The van der Waals surface area contributed by atoms with E-state index in [4.69, 9.17) is 16.0 Å². The highest BCUT2D eigenvalue weighted by Gasteiger charge is 2.17. The molecular formula is C16H12BrClFN3OS. The summed E-state index contributed by atoms with van der Waals surface area (Å²) in [6.45, 7) is 4.31. The van der Waals surface area contributed by atoms with Gasteiger partial charge in [-0.2, -0.15) is 0 Å². The van der Waals surface area contributed by atoms with Crippen LogP contribution in [0.5, 0.6) is 0 Å². The van der Waals surface area contributed by atoms with Gasteiger partial charge < -0.3 is 4.42 Å². The van der Waals surface area contributed by atoms with Crippen LogP contribution in [0.3, 0.4) is 0 Å². The minimum Gasteiger partial charge on any atom is -0.446 e. The summed E-state index contributed by atoms with van der Waals surface area (Å²) in [4.78, 5) is 0. The first-order valence-electron chi connectivity index (χ1n) is 6.95. The van der Waals surface area contributed by atoms with E-state index in [2.05, 4.69) is 32.7 Å². The molecule has 0 fully saturated rings. The average Bonchev–Trinajstić information content (AvgIpc) is 3.13. The van der Waals surface area contributed by atoms with E-state index in [1.807, 2.05) is 10.6 Å². The first kappa shape index (κ1) is 17.3. The number of nitrogens with zero attached hydrogens (tertiary/aromatic N) is 3. The number of hydrogen-bond donors (Lipinski definition) is 0. The van der Waals surface area contributed by atoms with Gasteiger partial charge in [-0.05, 0) is 45.8 Å². The SMILES string of the molecule is C=CCn1c(SCc2ccc(F)cc2Cl)nnc1-c1ccc(Br)o1. The van der Waals surface area contributed by atoms with Gasteiger partial charge in [-0.1, -0.05) is 35.5 Å². The summed E-state index contributed by atoms with van der Waals surface area (Å²) in [7, 11) is 0. The molecule has 0 aliphatic carbocycles. The first-order chi connectivity index (χ1) is 11.6. The van der Waals surface area contributed by atoms with Gasteiger partial charge in [0.05, 0.1) is 0 Å². The van der Waals surface area contributed by atoms with Crippen molar-refractivity contribution in [2.24, 2.45) is 0 Å². The van der Waals surface area contributed by atoms with Crippen molar-refractivity contribution in [2.45, 2.75) is 17.5 Å². The molecule has 0 aliphatic heterocycles. The van der Waals surface area contributed by atoms with Gasteiger partial charge in [0.1, 0.15) is 5.82 Å². The molecule has 24 heavy (non-hydrogen) atoms. The Morgan fingerprint density at radius 2 is 2.17 bits per heavy atom. The van der Waals surface area contributed by atoms with E-state index in [1.54, 1.807) is 18.2 Å². The second kappa shape index (κ2) is 7.55. The predicted octanol–water partition coefficient (Wildman–Crippen LogP) is 5.57. The maximum atomic E-state index is 13.1. The first-order valence-corrected chi connectivity index (χ1v) is 9.10. The van der Waals surface area contributed by atoms with Crippen molar-refractivity contribution in [3.8, 4) is 11.6 Å². The summed E-state index contributed by atoms with van der Waals surface area (Å²) >= 11 is 10.8. The van der Waals surface area contributed by atoms with Gasteiger partial charge in [-0.3, -0.25) is 4.57 Å². The summed E-state index contributed by atoms with van der Waals surface area (Å²) < 4.78 is 21.2. The van der Waals surface area contributed by atoms with Gasteiger partial charge in [0, 0.05) is 17.3 Å². The molecule has 0 bridgehead atoms. The number of hydrogen-bond acceptors (Lipinski definition) is 4. The van der Waals surface area contributed by atoms with E-state index in [0.717, 1.165) is 5.56 Å². The fraction of sp³-hybridized carbons (Fsp3) is 0.125. The van der Waals surface area contributed by atoms with Crippen LogP contribution in [0.4, 0.5) is 4.39 Å². The van der Waals surface area contributed by atoms with Crippen LogP contribution in [0.1, 0.15) is 5.56 Å². The summed E-state index contributed by atoms with van der Waals surface area (Å²) in [5, 5.41) is 9.52. The maximum absolute atomic E-state index is 13.1. The molecule has 0 atom stereocenters. The van der Waals surface area contributed by atoms with Gasteiger partial charge in [0.25, 0.3) is 0 Å². The standard InChI is InChI=1S/C16H12BrClFN3OS/c1-2-7-22-15(13-5-6-14(17)23-13)20-21-16(22)24-9-10-3-4-11(19)8-12(10)18/h2-6,8H,1,7,9H2. The number of thioether (sulfide) groups is 1. The van der Waals surface area contributed by atoms with Crippen molar-refractivity contribution in [1.82, 2.24) is 14.8 Å². The summed E-state index contributed by atoms with van der Waals surface area (Å²) in [5.41, 5.74) is 0.832. The topological polar surface area (TPSA) is 43.9 Å². The predicted molar refractivity (Wildman–Crippen MR) is 96.6 cm³/mol. The zero-order valence-corrected chi connectivity index (χ0v) is 15.5. The zero-order valence-electron chi connectivity index (χ0n) is 12.4. The van der Waals surface area contributed by atoms with E-state index in [0.29, 0.717) is 38.7 Å². The minimum absolute atomic E-state index is 0.353. The molecule has 0 amide bonds. The van der Waals surface area contributed by atoms with Crippen LogP contribution in [-0.4, -0.2) is 14.8 Å². The van der Waals surface area contributed by atoms with E-state index in [9.17, 15) is 4.39 Å². The largest absolute Gasteiger partial charge is 0.446 e. The molecule has 0 saturated carbocycles. The van der Waals surface area contributed by atoms with Crippen molar-refractivity contribution >= 4 is 39.3 Å². The smallest absolute Gasteiger partial charge is 0.200 e. The van der Waals surface area contributed by atoms with E-state index >= 15 is 0 Å². The van der Waals surface area contributed by atoms with Crippen molar-refractivity contribution in [3.63, 3.8) is 0 Å². The molecule has 0 N–H and O–H groups in total. The highest BCUT2D eigenvalue weighted by atomic mass is 79.9. The number of furan rings is 1. The Morgan fingerprint density at radius 1 is 1.33 bits per heavy atom. The Kier molecular flexibility index (Phi) is 5.43. The number of rotatable bonds is 6. The fourth-order valence-corrected chi connectivity index (χ4v) is 3.66. The average molecular weight is 429 g/mol. The molecule has 0 radical (unpaired) electrons. The summed E-state index contributed by atoms with van der Waals surface area (Å²) in [5.74, 6) is 1.43. The van der Waals surface area contributed by atoms with Crippen molar-refractivity contribution in [1.29, 1.82) is 0 Å². The lowest BCUT2D eigenvalue weighted by molar-refractivity contribution is 0.545. The Morgan fingerprint density at radius 3 is 2.83 bits per heavy atom. The third kappa shape index (κ3) is 3.74. The second-order valence-electron chi connectivity index (χ2n) is 4.83. The molecule has 0 unspecified atom stereocenters. The Labute approximate surface area is 155 Å². The van der Waals surface area contributed by atoms with E-state index in [1.165, 1.54) is 23.9 Å². The Bertz CT molecular complexity index is 880. The zero-order chi connectivity index (χ0) is 17.1. The molecule has 1 aromatic carbocycles. The van der Waals surface area contributed by atoms with Crippen LogP contribution in [0.15, 0.2) is 57.2 Å². The summed E-state index contributed by atoms with van der Waals surface area (Å²) in [6, 6.07) is 7.98. The number of benzene rings is 1. The molecule has 0 aliphatic rings. The molecule has 8 heteroatoms. The Balaban J connectivity index is 1.85. The van der Waals surface area contributed by atoms with Crippen molar-refractivity contribution < 1.29 is 8.81 Å². The maximum Gasteiger partial charge on any atom is 0.200 e.